The molecule has 1 aromatic carbocycles. The van der Waals surface area contributed by atoms with E-state index in [0.29, 0.717) is 16.6 Å². The molecule has 0 unspecified atom stereocenters. The van der Waals surface area contributed by atoms with Crippen LogP contribution in [0, 0.1) is 12.7 Å². The number of aromatic amines is 1. The molecule has 0 saturated heterocycles. The lowest BCUT2D eigenvalue weighted by Crippen LogP contribution is -2.11. The normalized spacial score (nSPS) is 10.6. The number of aromatic nitrogens is 2. The maximum absolute atomic E-state index is 13.2. The molecule has 0 aliphatic carbocycles. The number of benzene rings is 1. The third kappa shape index (κ3) is 1.20. The van der Waals surface area contributed by atoms with Crippen LogP contribution >= 0.6 is 0 Å². The van der Waals surface area contributed by atoms with Crippen LogP contribution in [0.15, 0.2) is 23.0 Å². The van der Waals surface area contributed by atoms with Gasteiger partial charge in [0.2, 0.25) is 0 Å². The molecule has 0 radical (unpaired) electrons. The fourth-order valence-corrected chi connectivity index (χ4v) is 1.35. The minimum absolute atomic E-state index is 0.362. The molecule has 66 valence electrons. The Kier molecular flexibility index (Phi) is 1.62. The lowest BCUT2D eigenvalue weighted by atomic mass is 10.2. The van der Waals surface area contributed by atoms with Gasteiger partial charge in [0.05, 0.1) is 16.6 Å². The molecule has 4 heteroatoms. The fourth-order valence-electron chi connectivity index (χ4n) is 1.35. The Balaban J connectivity index is 3.03. The average Bonchev–Trinajstić information content (AvgIpc) is 2.02. The van der Waals surface area contributed by atoms with E-state index in [-0.39, 0.29) is 5.82 Å². The van der Waals surface area contributed by atoms with E-state index >= 15 is 0 Å². The first-order valence-corrected chi connectivity index (χ1v) is 3.83. The summed E-state index contributed by atoms with van der Waals surface area (Å²) in [6, 6.07) is 4.54. The summed E-state index contributed by atoms with van der Waals surface area (Å²) >= 11 is 0. The van der Waals surface area contributed by atoms with Crippen LogP contribution in [0.2, 0.25) is 0 Å². The largest absolute Gasteiger partial charge is 0.345 e. The van der Waals surface area contributed by atoms with Crippen molar-refractivity contribution in [2.75, 3.05) is 0 Å². The SMILES string of the molecule is Cc1nc(=O)[nH]c2cccc(F)c12. The molecule has 1 N–H and O–H groups in total. The second-order valence-electron chi connectivity index (χ2n) is 2.79. The summed E-state index contributed by atoms with van der Waals surface area (Å²) in [7, 11) is 0. The molecule has 13 heavy (non-hydrogen) atoms. The summed E-state index contributed by atoms with van der Waals surface area (Å²) in [5.41, 5.74) is 0.449. The van der Waals surface area contributed by atoms with Crippen LogP contribution < -0.4 is 5.69 Å². The Morgan fingerprint density at radius 2 is 2.23 bits per heavy atom. The van der Waals surface area contributed by atoms with Gasteiger partial charge < -0.3 is 4.98 Å². The second kappa shape index (κ2) is 2.65. The molecule has 0 aliphatic heterocycles. The molecular formula is C9H7FN2O. The first-order chi connectivity index (χ1) is 6.18. The van der Waals surface area contributed by atoms with Crippen molar-refractivity contribution in [2.24, 2.45) is 0 Å². The van der Waals surface area contributed by atoms with Gasteiger partial charge in [0.25, 0.3) is 0 Å². The fraction of sp³-hybridized carbons (Fsp3) is 0.111. The van der Waals surface area contributed by atoms with Crippen molar-refractivity contribution in [1.29, 1.82) is 0 Å². The third-order valence-corrected chi connectivity index (χ3v) is 1.89. The summed E-state index contributed by atoms with van der Waals surface area (Å²) in [5, 5.41) is 0.377. The van der Waals surface area contributed by atoms with E-state index in [2.05, 4.69) is 9.97 Å². The maximum Gasteiger partial charge on any atom is 0.345 e. The highest BCUT2D eigenvalue weighted by molar-refractivity contribution is 5.80. The number of hydrogen-bond acceptors (Lipinski definition) is 2. The number of rotatable bonds is 0. The van der Waals surface area contributed by atoms with E-state index in [4.69, 9.17) is 0 Å². The lowest BCUT2D eigenvalue weighted by molar-refractivity contribution is 0.638. The van der Waals surface area contributed by atoms with Gasteiger partial charge in [0.15, 0.2) is 0 Å². The van der Waals surface area contributed by atoms with Crippen molar-refractivity contribution in [2.45, 2.75) is 6.92 Å². The first kappa shape index (κ1) is 7.91. The number of fused-ring (bicyclic) bond motifs is 1. The minimum Gasteiger partial charge on any atom is -0.305 e. The molecule has 2 aromatic rings. The Labute approximate surface area is 73.2 Å². The lowest BCUT2D eigenvalue weighted by Gasteiger charge is -2.00. The quantitative estimate of drug-likeness (QED) is 0.662. The molecule has 0 fully saturated rings. The third-order valence-electron chi connectivity index (χ3n) is 1.89. The van der Waals surface area contributed by atoms with E-state index in [1.165, 1.54) is 6.07 Å². The van der Waals surface area contributed by atoms with Gasteiger partial charge in [0, 0.05) is 0 Å². The van der Waals surface area contributed by atoms with Gasteiger partial charge in [-0.25, -0.2) is 9.18 Å². The molecule has 0 aliphatic rings. The Bertz CT molecular complexity index is 518. The monoisotopic (exact) mass is 178 g/mol. The van der Waals surface area contributed by atoms with Gasteiger partial charge in [-0.1, -0.05) is 6.07 Å². The van der Waals surface area contributed by atoms with E-state index in [1.807, 2.05) is 0 Å². The van der Waals surface area contributed by atoms with Crippen molar-refractivity contribution in [3.63, 3.8) is 0 Å². The van der Waals surface area contributed by atoms with Crippen molar-refractivity contribution < 1.29 is 4.39 Å². The first-order valence-electron chi connectivity index (χ1n) is 3.83. The highest BCUT2D eigenvalue weighted by Crippen LogP contribution is 2.15. The van der Waals surface area contributed by atoms with E-state index in [9.17, 15) is 9.18 Å². The number of halogens is 1. The van der Waals surface area contributed by atoms with Gasteiger partial charge in [-0.3, -0.25) is 0 Å². The summed E-state index contributed by atoms with van der Waals surface area (Å²) in [6.45, 7) is 1.61. The van der Waals surface area contributed by atoms with Crippen molar-refractivity contribution >= 4 is 10.9 Å². The van der Waals surface area contributed by atoms with Gasteiger partial charge in [-0.2, -0.15) is 4.98 Å². The van der Waals surface area contributed by atoms with E-state index in [0.717, 1.165) is 0 Å². The van der Waals surface area contributed by atoms with Crippen molar-refractivity contribution in [3.8, 4) is 0 Å². The van der Waals surface area contributed by atoms with Crippen LogP contribution in [0.5, 0.6) is 0 Å². The molecule has 1 aromatic heterocycles. The number of nitrogens with zero attached hydrogens (tertiary/aromatic N) is 1. The molecule has 2 rings (SSSR count). The highest BCUT2D eigenvalue weighted by Gasteiger charge is 2.04. The second-order valence-corrected chi connectivity index (χ2v) is 2.79. The Morgan fingerprint density at radius 1 is 1.46 bits per heavy atom. The summed E-state index contributed by atoms with van der Waals surface area (Å²) in [5.74, 6) is -0.362. The van der Waals surface area contributed by atoms with Gasteiger partial charge in [-0.05, 0) is 19.1 Å². The van der Waals surface area contributed by atoms with Crippen molar-refractivity contribution in [3.05, 3.63) is 40.2 Å². The van der Waals surface area contributed by atoms with Crippen LogP contribution in [-0.2, 0) is 0 Å². The van der Waals surface area contributed by atoms with E-state index in [1.54, 1.807) is 19.1 Å². The van der Waals surface area contributed by atoms with Gasteiger partial charge in [0.1, 0.15) is 5.82 Å². The topological polar surface area (TPSA) is 45.8 Å². The Hall–Kier alpha value is -1.71. The molecule has 0 atom stereocenters. The van der Waals surface area contributed by atoms with Crippen LogP contribution in [0.4, 0.5) is 4.39 Å². The van der Waals surface area contributed by atoms with E-state index < -0.39 is 5.69 Å². The average molecular weight is 178 g/mol. The number of H-pyrrole nitrogens is 1. The molecule has 0 amide bonds. The smallest absolute Gasteiger partial charge is 0.305 e. The van der Waals surface area contributed by atoms with Gasteiger partial charge >= 0.3 is 5.69 Å². The maximum atomic E-state index is 13.2. The number of hydrogen-bond donors (Lipinski definition) is 1. The highest BCUT2D eigenvalue weighted by atomic mass is 19.1. The summed E-state index contributed by atoms with van der Waals surface area (Å²) < 4.78 is 13.2. The van der Waals surface area contributed by atoms with Crippen LogP contribution in [0.25, 0.3) is 10.9 Å². The van der Waals surface area contributed by atoms with Crippen LogP contribution in [-0.4, -0.2) is 9.97 Å². The summed E-state index contributed by atoms with van der Waals surface area (Å²) in [4.78, 5) is 17.0. The molecule has 0 spiro atoms. The van der Waals surface area contributed by atoms with Crippen LogP contribution in [0.3, 0.4) is 0 Å². The number of aryl methyl sites for hydroxylation is 1. The molecule has 3 nitrogen and oxygen atoms in total. The minimum atomic E-state index is -0.449. The standard InChI is InChI=1S/C9H7FN2O/c1-5-8-6(10)3-2-4-7(8)12-9(13)11-5/h2-4H,1H3,(H,11,12,13). The zero-order valence-electron chi connectivity index (χ0n) is 6.97. The predicted octanol–water partition coefficient (Wildman–Crippen LogP) is 1.37. The Morgan fingerprint density at radius 3 is 3.00 bits per heavy atom. The number of nitrogens with one attached hydrogen (secondary N) is 1. The molecule has 0 saturated carbocycles. The zero-order valence-corrected chi connectivity index (χ0v) is 6.97. The zero-order chi connectivity index (χ0) is 9.42. The van der Waals surface area contributed by atoms with Crippen molar-refractivity contribution in [1.82, 2.24) is 9.97 Å². The summed E-state index contributed by atoms with van der Waals surface area (Å²) in [6.07, 6.45) is 0. The molecule has 0 bridgehead atoms. The predicted molar refractivity (Wildman–Crippen MR) is 47.1 cm³/mol. The van der Waals surface area contributed by atoms with Crippen LogP contribution in [0.1, 0.15) is 5.69 Å². The van der Waals surface area contributed by atoms with Gasteiger partial charge in [-0.15, -0.1) is 0 Å². The molecule has 1 heterocycles. The molecular weight excluding hydrogens is 171 g/mol.